The first-order chi connectivity index (χ1) is 12.2. The fourth-order valence-electron chi connectivity index (χ4n) is 1.88. The van der Waals surface area contributed by atoms with Crippen molar-refractivity contribution in [3.63, 3.8) is 0 Å². The summed E-state index contributed by atoms with van der Waals surface area (Å²) in [6, 6.07) is 12.1. The van der Waals surface area contributed by atoms with Crippen molar-refractivity contribution in [3.05, 3.63) is 59.7 Å². The molecule has 0 radical (unpaired) electrons. The average molecular weight is 390 g/mol. The number of benzene rings is 2. The monoisotopic (exact) mass is 390 g/mol. The molecule has 0 saturated carbocycles. The Bertz CT molecular complexity index is 879. The van der Waals surface area contributed by atoms with Gasteiger partial charge in [0.05, 0.1) is 7.11 Å². The lowest BCUT2D eigenvalue weighted by Gasteiger charge is -2.16. The van der Waals surface area contributed by atoms with E-state index in [0.29, 0.717) is 5.56 Å². The Balaban J connectivity index is 2.42. The summed E-state index contributed by atoms with van der Waals surface area (Å²) in [6.07, 6.45) is 0. The molecule has 140 valence electrons. The van der Waals surface area contributed by atoms with Crippen molar-refractivity contribution in [1.82, 2.24) is 0 Å². The molecule has 0 N–H and O–H groups in total. The molecule has 2 rings (SSSR count). The van der Waals surface area contributed by atoms with Crippen LogP contribution in [0.25, 0.3) is 0 Å². The molecule has 0 aliphatic heterocycles. The van der Waals surface area contributed by atoms with Crippen LogP contribution in [-0.2, 0) is 21.5 Å². The van der Waals surface area contributed by atoms with Crippen LogP contribution in [0.3, 0.4) is 0 Å². The number of hydrogen-bond acceptors (Lipinski definition) is 6. The third-order valence-corrected chi connectivity index (χ3v) is 4.05. The van der Waals surface area contributed by atoms with Crippen LogP contribution < -0.4 is 8.92 Å². The number of alkyl halides is 3. The zero-order valence-corrected chi connectivity index (χ0v) is 14.1. The van der Waals surface area contributed by atoms with Gasteiger partial charge in [-0.05, 0) is 17.7 Å². The van der Waals surface area contributed by atoms with Gasteiger partial charge in [-0.3, -0.25) is 0 Å². The van der Waals surface area contributed by atoms with Crippen molar-refractivity contribution in [2.45, 2.75) is 12.1 Å². The lowest BCUT2D eigenvalue weighted by atomic mass is 10.2. The number of halogens is 3. The van der Waals surface area contributed by atoms with Crippen LogP contribution in [0.2, 0.25) is 0 Å². The van der Waals surface area contributed by atoms with Crippen molar-refractivity contribution in [2.24, 2.45) is 0 Å². The Morgan fingerprint density at radius 1 is 1.04 bits per heavy atom. The molecular formula is C16H13F3O6S. The molecule has 0 bridgehead atoms. The maximum absolute atomic E-state index is 12.6. The third-order valence-electron chi connectivity index (χ3n) is 3.10. The highest BCUT2D eigenvalue weighted by Gasteiger charge is 2.49. The molecular weight excluding hydrogens is 377 g/mol. The molecule has 2 aromatic rings. The predicted octanol–water partition coefficient (Wildman–Crippen LogP) is 3.28. The number of hydrogen-bond donors (Lipinski definition) is 0. The highest BCUT2D eigenvalue weighted by atomic mass is 32.2. The van der Waals surface area contributed by atoms with Crippen molar-refractivity contribution >= 4 is 16.1 Å². The largest absolute Gasteiger partial charge is 0.534 e. The van der Waals surface area contributed by atoms with E-state index in [9.17, 15) is 26.4 Å². The van der Waals surface area contributed by atoms with Crippen molar-refractivity contribution < 1.29 is 40.0 Å². The van der Waals surface area contributed by atoms with Crippen LogP contribution in [-0.4, -0.2) is 27.0 Å². The minimum atomic E-state index is -6.01. The van der Waals surface area contributed by atoms with Gasteiger partial charge in [-0.1, -0.05) is 36.4 Å². The number of carbonyl (C=O) groups is 1. The molecule has 6 nitrogen and oxygen atoms in total. The molecule has 0 atom stereocenters. The van der Waals surface area contributed by atoms with E-state index in [-0.39, 0.29) is 12.4 Å². The van der Waals surface area contributed by atoms with Gasteiger partial charge in [0.1, 0.15) is 12.2 Å². The van der Waals surface area contributed by atoms with Gasteiger partial charge in [0.15, 0.2) is 11.5 Å². The zero-order valence-electron chi connectivity index (χ0n) is 13.3. The first-order valence-electron chi connectivity index (χ1n) is 7.04. The highest BCUT2D eigenvalue weighted by molar-refractivity contribution is 7.88. The summed E-state index contributed by atoms with van der Waals surface area (Å²) in [5, 5.41) is 0. The maximum atomic E-state index is 12.6. The van der Waals surface area contributed by atoms with Crippen molar-refractivity contribution in [2.75, 3.05) is 7.11 Å². The molecule has 26 heavy (non-hydrogen) atoms. The van der Waals surface area contributed by atoms with Gasteiger partial charge < -0.3 is 13.7 Å². The molecule has 0 aromatic heterocycles. The van der Waals surface area contributed by atoms with Crippen LogP contribution in [0.4, 0.5) is 13.2 Å². The molecule has 0 saturated heterocycles. The number of para-hydroxylation sites is 1. The van der Waals surface area contributed by atoms with Gasteiger partial charge >= 0.3 is 21.6 Å². The fourth-order valence-corrected chi connectivity index (χ4v) is 2.36. The second-order valence-electron chi connectivity index (χ2n) is 4.88. The van der Waals surface area contributed by atoms with Crippen molar-refractivity contribution in [3.8, 4) is 11.5 Å². The first kappa shape index (κ1) is 19.6. The summed E-state index contributed by atoms with van der Waals surface area (Å²) < 4.78 is 74.6. The summed E-state index contributed by atoms with van der Waals surface area (Å²) in [5.74, 6) is -2.33. The zero-order chi connectivity index (χ0) is 19.4. The van der Waals surface area contributed by atoms with E-state index < -0.39 is 32.9 Å². The number of ether oxygens (including phenoxy) is 2. The smallest absolute Gasteiger partial charge is 0.485 e. The number of carbonyl (C=O) groups excluding carboxylic acids is 1. The minimum absolute atomic E-state index is 0.0894. The molecule has 0 aliphatic rings. The Hall–Kier alpha value is -2.75. The quantitative estimate of drug-likeness (QED) is 0.428. The normalized spacial score (nSPS) is 11.7. The standard InChI is InChI=1S/C16H13F3O6S/c1-23-15(20)12-8-5-9-13(24-10-11-6-3-2-4-7-11)14(12)25-26(21,22)16(17,18)19/h2-9H,10H2,1H3. The lowest BCUT2D eigenvalue weighted by molar-refractivity contribution is -0.0501. The molecule has 0 spiro atoms. The SMILES string of the molecule is COC(=O)c1cccc(OCc2ccccc2)c1OS(=O)(=O)C(F)(F)F. The van der Waals surface area contributed by atoms with E-state index in [1.54, 1.807) is 30.3 Å². The maximum Gasteiger partial charge on any atom is 0.534 e. The highest BCUT2D eigenvalue weighted by Crippen LogP contribution is 2.36. The van der Waals surface area contributed by atoms with Crippen LogP contribution in [0, 0.1) is 0 Å². The molecule has 2 aromatic carbocycles. The summed E-state index contributed by atoms with van der Waals surface area (Å²) in [6.45, 7) is -0.0894. The van der Waals surface area contributed by atoms with Gasteiger partial charge in [-0.2, -0.15) is 21.6 Å². The minimum Gasteiger partial charge on any atom is -0.485 e. The van der Waals surface area contributed by atoms with E-state index in [4.69, 9.17) is 4.74 Å². The Morgan fingerprint density at radius 2 is 1.69 bits per heavy atom. The average Bonchev–Trinajstić information content (AvgIpc) is 2.59. The van der Waals surface area contributed by atoms with E-state index in [0.717, 1.165) is 13.2 Å². The molecule has 10 heteroatoms. The van der Waals surface area contributed by atoms with Crippen molar-refractivity contribution in [1.29, 1.82) is 0 Å². The Morgan fingerprint density at radius 3 is 2.27 bits per heavy atom. The predicted molar refractivity (Wildman–Crippen MR) is 84.2 cm³/mol. The van der Waals surface area contributed by atoms with E-state index in [2.05, 4.69) is 8.92 Å². The summed E-state index contributed by atoms with van der Waals surface area (Å²) >= 11 is 0. The van der Waals surface area contributed by atoms with Gasteiger partial charge in [-0.15, -0.1) is 0 Å². The number of methoxy groups -OCH3 is 1. The van der Waals surface area contributed by atoms with E-state index in [1.165, 1.54) is 12.1 Å². The van der Waals surface area contributed by atoms with Crippen LogP contribution >= 0.6 is 0 Å². The van der Waals surface area contributed by atoms with E-state index in [1.807, 2.05) is 0 Å². The summed E-state index contributed by atoms with van der Waals surface area (Å²) in [4.78, 5) is 11.8. The Labute approximate surface area is 147 Å². The van der Waals surface area contributed by atoms with Crippen LogP contribution in [0.1, 0.15) is 15.9 Å². The summed E-state index contributed by atoms with van der Waals surface area (Å²) in [5.41, 5.74) is -5.53. The second kappa shape index (κ2) is 7.65. The van der Waals surface area contributed by atoms with Gasteiger partial charge in [-0.25, -0.2) is 4.79 Å². The summed E-state index contributed by atoms with van der Waals surface area (Å²) in [7, 11) is -5.02. The number of rotatable bonds is 6. The first-order valence-corrected chi connectivity index (χ1v) is 8.45. The molecule has 0 unspecified atom stereocenters. The molecule has 0 fully saturated rings. The molecule has 0 aliphatic carbocycles. The fraction of sp³-hybridized carbons (Fsp3) is 0.188. The van der Waals surface area contributed by atoms with Gasteiger partial charge in [0, 0.05) is 0 Å². The van der Waals surface area contributed by atoms with Gasteiger partial charge in [0.25, 0.3) is 0 Å². The number of esters is 1. The van der Waals surface area contributed by atoms with Crippen LogP contribution in [0.15, 0.2) is 48.5 Å². The van der Waals surface area contributed by atoms with Gasteiger partial charge in [0.2, 0.25) is 0 Å². The molecule has 0 amide bonds. The Kier molecular flexibility index (Phi) is 5.76. The van der Waals surface area contributed by atoms with Crippen LogP contribution in [0.5, 0.6) is 11.5 Å². The topological polar surface area (TPSA) is 78.9 Å². The molecule has 0 heterocycles. The lowest BCUT2D eigenvalue weighted by Crippen LogP contribution is -2.29. The van der Waals surface area contributed by atoms with E-state index >= 15 is 0 Å². The third kappa shape index (κ3) is 4.45. The second-order valence-corrected chi connectivity index (χ2v) is 6.42.